The second kappa shape index (κ2) is 3.61. The van der Waals surface area contributed by atoms with Crippen molar-refractivity contribution in [2.24, 2.45) is 0 Å². The summed E-state index contributed by atoms with van der Waals surface area (Å²) in [4.78, 5) is 31.9. The summed E-state index contributed by atoms with van der Waals surface area (Å²) in [6.07, 6.45) is 1.29. The molecule has 0 aliphatic carbocycles. The first kappa shape index (κ1) is 10.1. The highest BCUT2D eigenvalue weighted by Gasteiger charge is 2.11. The minimum atomic E-state index is -1.27. The molecule has 0 atom stereocenters. The molecule has 0 radical (unpaired) electrons. The van der Waals surface area contributed by atoms with Gasteiger partial charge in [0.1, 0.15) is 12.0 Å². The van der Waals surface area contributed by atoms with Crippen LogP contribution in [0.5, 0.6) is 0 Å². The number of oxazole rings is 1. The van der Waals surface area contributed by atoms with Gasteiger partial charge < -0.3 is 14.5 Å². The Labute approximate surface area is 88.8 Å². The molecule has 82 valence electrons. The van der Waals surface area contributed by atoms with Crippen LogP contribution in [0.1, 0.15) is 16.4 Å². The number of aromatic nitrogens is 3. The Morgan fingerprint density at radius 1 is 1.50 bits per heavy atom. The number of rotatable bonds is 2. The number of carbonyl (C=O) groups is 1. The molecule has 2 heterocycles. The number of H-pyrrole nitrogens is 1. The molecule has 0 aromatic carbocycles. The molecule has 2 rings (SSSR count). The van der Waals surface area contributed by atoms with Crippen molar-refractivity contribution in [1.29, 1.82) is 0 Å². The number of aryl methyl sites for hydroxylation is 1. The molecular weight excluding hydrogens is 214 g/mol. The Bertz CT molecular complexity index is 599. The van der Waals surface area contributed by atoms with E-state index in [1.807, 2.05) is 0 Å². The molecule has 0 spiro atoms. The molecule has 0 unspecified atom stereocenters. The van der Waals surface area contributed by atoms with Crippen LogP contribution in [0.2, 0.25) is 0 Å². The molecule has 2 aromatic heterocycles. The van der Waals surface area contributed by atoms with E-state index in [4.69, 9.17) is 9.52 Å². The normalized spacial score (nSPS) is 10.3. The molecule has 0 saturated carbocycles. The smallest absolute Gasteiger partial charge is 0.354 e. The molecule has 0 aliphatic heterocycles. The lowest BCUT2D eigenvalue weighted by atomic mass is 10.3. The zero-order chi connectivity index (χ0) is 11.7. The molecule has 7 heteroatoms. The average molecular weight is 221 g/mol. The molecule has 0 aliphatic rings. The summed E-state index contributed by atoms with van der Waals surface area (Å²) in [6, 6.07) is 0.902. The fourth-order valence-corrected chi connectivity index (χ4v) is 1.16. The number of nitrogens with zero attached hydrogens (tertiary/aromatic N) is 2. The highest BCUT2D eigenvalue weighted by molar-refractivity contribution is 5.85. The Balaban J connectivity index is 2.57. The molecule has 0 amide bonds. The number of aromatic carboxylic acids is 1. The molecule has 0 fully saturated rings. The third kappa shape index (κ3) is 1.83. The molecule has 16 heavy (non-hydrogen) atoms. The Morgan fingerprint density at radius 2 is 2.25 bits per heavy atom. The van der Waals surface area contributed by atoms with E-state index in [1.165, 1.54) is 6.26 Å². The fraction of sp³-hybridized carbons (Fsp3) is 0.111. The topological polar surface area (TPSA) is 109 Å². The van der Waals surface area contributed by atoms with Crippen LogP contribution in [0, 0.1) is 6.92 Å². The van der Waals surface area contributed by atoms with Crippen molar-refractivity contribution in [3.8, 4) is 11.5 Å². The lowest BCUT2D eigenvalue weighted by Gasteiger charge is -1.96. The Hall–Kier alpha value is -2.44. The minimum Gasteiger partial charge on any atom is -0.477 e. The van der Waals surface area contributed by atoms with Crippen LogP contribution in [-0.2, 0) is 0 Å². The predicted molar refractivity (Wildman–Crippen MR) is 52.1 cm³/mol. The van der Waals surface area contributed by atoms with Gasteiger partial charge in [-0.15, -0.1) is 0 Å². The van der Waals surface area contributed by atoms with Crippen LogP contribution in [0.4, 0.5) is 0 Å². The van der Waals surface area contributed by atoms with Gasteiger partial charge >= 0.3 is 5.97 Å². The lowest BCUT2D eigenvalue weighted by Crippen LogP contribution is -2.13. The summed E-state index contributed by atoms with van der Waals surface area (Å²) in [7, 11) is 0. The standard InChI is InChI=1S/C9H7N3O4/c1-4-10-6(3-16-4)8-11-5(9(14)15)2-7(13)12-8/h2-3H,1H3,(H,14,15)(H,11,12,13). The van der Waals surface area contributed by atoms with Gasteiger partial charge in [0.05, 0.1) is 0 Å². The van der Waals surface area contributed by atoms with Gasteiger partial charge in [0.2, 0.25) is 0 Å². The summed E-state index contributed by atoms with van der Waals surface area (Å²) >= 11 is 0. The highest BCUT2D eigenvalue weighted by atomic mass is 16.4. The number of carboxylic acid groups (broad SMARTS) is 1. The van der Waals surface area contributed by atoms with Crippen molar-refractivity contribution in [3.05, 3.63) is 34.3 Å². The zero-order valence-corrected chi connectivity index (χ0v) is 8.22. The van der Waals surface area contributed by atoms with E-state index in [1.54, 1.807) is 6.92 Å². The first-order valence-corrected chi connectivity index (χ1v) is 4.33. The SMILES string of the molecule is Cc1nc(-c2nc(C(=O)O)cc(=O)[nH]2)co1. The minimum absolute atomic E-state index is 0.0711. The number of nitrogens with one attached hydrogen (secondary N) is 1. The van der Waals surface area contributed by atoms with Crippen molar-refractivity contribution in [1.82, 2.24) is 15.0 Å². The van der Waals surface area contributed by atoms with Gasteiger partial charge in [0, 0.05) is 13.0 Å². The van der Waals surface area contributed by atoms with Crippen LogP contribution in [0.15, 0.2) is 21.5 Å². The van der Waals surface area contributed by atoms with Crippen LogP contribution < -0.4 is 5.56 Å². The van der Waals surface area contributed by atoms with Gasteiger partial charge in [-0.1, -0.05) is 0 Å². The number of hydrogen-bond acceptors (Lipinski definition) is 5. The molecule has 2 N–H and O–H groups in total. The van der Waals surface area contributed by atoms with Gasteiger partial charge in [0.25, 0.3) is 5.56 Å². The summed E-state index contributed by atoms with van der Waals surface area (Å²) in [5, 5.41) is 8.73. The molecule has 7 nitrogen and oxygen atoms in total. The van der Waals surface area contributed by atoms with Crippen molar-refractivity contribution in [2.75, 3.05) is 0 Å². The van der Waals surface area contributed by atoms with E-state index in [0.29, 0.717) is 5.89 Å². The largest absolute Gasteiger partial charge is 0.477 e. The van der Waals surface area contributed by atoms with Gasteiger partial charge in [0.15, 0.2) is 17.4 Å². The molecule has 0 saturated heterocycles. The van der Waals surface area contributed by atoms with E-state index < -0.39 is 11.5 Å². The van der Waals surface area contributed by atoms with Gasteiger partial charge in [-0.25, -0.2) is 14.8 Å². The average Bonchev–Trinajstić information content (AvgIpc) is 2.64. The van der Waals surface area contributed by atoms with Crippen molar-refractivity contribution in [3.63, 3.8) is 0 Å². The van der Waals surface area contributed by atoms with Crippen molar-refractivity contribution < 1.29 is 14.3 Å². The predicted octanol–water partition coefficient (Wildman–Crippen LogP) is 0.432. The quantitative estimate of drug-likeness (QED) is 0.761. The monoisotopic (exact) mass is 221 g/mol. The Morgan fingerprint density at radius 3 is 2.81 bits per heavy atom. The van der Waals surface area contributed by atoms with Crippen molar-refractivity contribution in [2.45, 2.75) is 6.92 Å². The first-order valence-electron chi connectivity index (χ1n) is 4.33. The van der Waals surface area contributed by atoms with Gasteiger partial charge in [-0.2, -0.15) is 0 Å². The summed E-state index contributed by atoms with van der Waals surface area (Å²) in [6.45, 7) is 1.63. The highest BCUT2D eigenvalue weighted by Crippen LogP contribution is 2.12. The molecule has 0 bridgehead atoms. The Kier molecular flexibility index (Phi) is 2.28. The van der Waals surface area contributed by atoms with E-state index in [-0.39, 0.29) is 17.2 Å². The third-order valence-corrected chi connectivity index (χ3v) is 1.82. The van der Waals surface area contributed by atoms with E-state index in [2.05, 4.69) is 15.0 Å². The van der Waals surface area contributed by atoms with Crippen LogP contribution in [-0.4, -0.2) is 26.0 Å². The molecular formula is C9H7N3O4. The van der Waals surface area contributed by atoms with E-state index >= 15 is 0 Å². The van der Waals surface area contributed by atoms with Crippen LogP contribution in [0.25, 0.3) is 11.5 Å². The summed E-state index contributed by atoms with van der Waals surface area (Å²) in [5.41, 5.74) is -0.597. The molecule has 2 aromatic rings. The van der Waals surface area contributed by atoms with Crippen LogP contribution >= 0.6 is 0 Å². The maximum absolute atomic E-state index is 11.2. The first-order chi connectivity index (χ1) is 7.56. The van der Waals surface area contributed by atoms with Gasteiger partial charge in [-0.05, 0) is 0 Å². The van der Waals surface area contributed by atoms with Gasteiger partial charge in [-0.3, -0.25) is 4.79 Å². The fourth-order valence-electron chi connectivity index (χ4n) is 1.16. The maximum atomic E-state index is 11.2. The zero-order valence-electron chi connectivity index (χ0n) is 8.22. The third-order valence-electron chi connectivity index (χ3n) is 1.82. The number of carboxylic acids is 1. The second-order valence-electron chi connectivity index (χ2n) is 3.04. The van der Waals surface area contributed by atoms with E-state index in [0.717, 1.165) is 6.07 Å². The number of hydrogen-bond donors (Lipinski definition) is 2. The summed E-state index contributed by atoms with van der Waals surface area (Å²) in [5.74, 6) is -0.798. The lowest BCUT2D eigenvalue weighted by molar-refractivity contribution is 0.0690. The number of aromatic amines is 1. The van der Waals surface area contributed by atoms with E-state index in [9.17, 15) is 9.59 Å². The van der Waals surface area contributed by atoms with Crippen LogP contribution in [0.3, 0.4) is 0 Å². The van der Waals surface area contributed by atoms with Crippen molar-refractivity contribution >= 4 is 5.97 Å². The maximum Gasteiger partial charge on any atom is 0.354 e. The summed E-state index contributed by atoms with van der Waals surface area (Å²) < 4.78 is 4.94. The second-order valence-corrected chi connectivity index (χ2v) is 3.04.